The maximum absolute atomic E-state index is 6.35. The summed E-state index contributed by atoms with van der Waals surface area (Å²) in [7, 11) is 0. The molecule has 1 N–H and O–H groups in total. The first-order chi connectivity index (χ1) is 8.83. The predicted octanol–water partition coefficient (Wildman–Crippen LogP) is 3.73. The number of pyridine rings is 1. The minimum atomic E-state index is 0.635. The molecule has 94 valence electrons. The first-order valence-corrected chi connectivity index (χ1v) is 7.49. The van der Waals surface area contributed by atoms with E-state index in [-0.39, 0.29) is 0 Å². The summed E-state index contributed by atoms with van der Waals surface area (Å²) in [5.74, 6) is 0. The zero-order valence-corrected chi connectivity index (χ0v) is 11.6. The number of benzene rings is 1. The van der Waals surface area contributed by atoms with Gasteiger partial charge in [0, 0.05) is 34.5 Å². The molecule has 0 aliphatic carbocycles. The lowest BCUT2D eigenvalue weighted by Crippen LogP contribution is -2.31. The van der Waals surface area contributed by atoms with Crippen molar-refractivity contribution in [1.82, 2.24) is 10.3 Å². The molecule has 0 bridgehead atoms. The Labute approximate surface area is 116 Å². The number of nitrogens with one attached hydrogen (secondary N) is 1. The van der Waals surface area contributed by atoms with Crippen molar-refractivity contribution in [3.05, 3.63) is 35.6 Å². The monoisotopic (exact) mass is 278 g/mol. The molecule has 1 aromatic carbocycles. The number of fused-ring (bicyclic) bond motifs is 1. The van der Waals surface area contributed by atoms with E-state index in [1.165, 1.54) is 23.1 Å². The highest BCUT2D eigenvalue weighted by atomic mass is 35.5. The Morgan fingerprint density at radius 1 is 1.33 bits per heavy atom. The van der Waals surface area contributed by atoms with Crippen LogP contribution in [0, 0.1) is 0 Å². The minimum absolute atomic E-state index is 0.635. The molecule has 2 heterocycles. The van der Waals surface area contributed by atoms with Crippen LogP contribution in [0.25, 0.3) is 10.8 Å². The van der Waals surface area contributed by atoms with Gasteiger partial charge in [0.1, 0.15) is 0 Å². The first-order valence-electron chi connectivity index (χ1n) is 6.23. The van der Waals surface area contributed by atoms with Crippen LogP contribution in [0.15, 0.2) is 35.5 Å². The molecule has 3 rings (SSSR count). The van der Waals surface area contributed by atoms with Crippen LogP contribution in [0.1, 0.15) is 12.8 Å². The number of halogens is 1. The molecular weight excluding hydrogens is 264 g/mol. The van der Waals surface area contributed by atoms with E-state index in [9.17, 15) is 0 Å². The van der Waals surface area contributed by atoms with Crippen LogP contribution in [-0.2, 0) is 0 Å². The van der Waals surface area contributed by atoms with E-state index in [0.29, 0.717) is 5.25 Å². The highest BCUT2D eigenvalue weighted by Crippen LogP contribution is 2.35. The fourth-order valence-corrected chi connectivity index (χ4v) is 3.79. The van der Waals surface area contributed by atoms with Crippen LogP contribution >= 0.6 is 23.4 Å². The number of rotatable bonds is 2. The summed E-state index contributed by atoms with van der Waals surface area (Å²) in [6, 6.07) is 6.23. The molecule has 1 saturated heterocycles. The Balaban J connectivity index is 1.88. The van der Waals surface area contributed by atoms with Crippen molar-refractivity contribution in [3.8, 4) is 0 Å². The molecule has 0 amide bonds. The first kappa shape index (κ1) is 12.3. The van der Waals surface area contributed by atoms with Crippen molar-refractivity contribution >= 4 is 34.1 Å². The fraction of sp³-hybridized carbons (Fsp3) is 0.357. The van der Waals surface area contributed by atoms with Gasteiger partial charge in [-0.25, -0.2) is 0 Å². The van der Waals surface area contributed by atoms with E-state index < -0.39 is 0 Å². The maximum Gasteiger partial charge on any atom is 0.0548 e. The summed E-state index contributed by atoms with van der Waals surface area (Å²) < 4.78 is 0. The standard InChI is InChI=1S/C14H15ClN2S/c15-13-6-11-8-17-5-3-10(11)7-14(13)18-12-2-1-4-16-9-12/h3,5-8,12,16H,1-2,4,9H2. The van der Waals surface area contributed by atoms with Crippen LogP contribution in [0.3, 0.4) is 0 Å². The van der Waals surface area contributed by atoms with Crippen molar-refractivity contribution in [1.29, 1.82) is 0 Å². The summed E-state index contributed by atoms with van der Waals surface area (Å²) in [4.78, 5) is 5.31. The third-order valence-corrected chi connectivity index (χ3v) is 4.99. The summed E-state index contributed by atoms with van der Waals surface area (Å²) in [5.41, 5.74) is 0. The van der Waals surface area contributed by atoms with E-state index in [2.05, 4.69) is 16.4 Å². The topological polar surface area (TPSA) is 24.9 Å². The van der Waals surface area contributed by atoms with Gasteiger partial charge in [-0.2, -0.15) is 0 Å². The normalized spacial score (nSPS) is 20.2. The second-order valence-electron chi connectivity index (χ2n) is 4.59. The van der Waals surface area contributed by atoms with E-state index in [0.717, 1.165) is 23.5 Å². The Kier molecular flexibility index (Phi) is 3.73. The van der Waals surface area contributed by atoms with E-state index in [4.69, 9.17) is 11.6 Å². The summed E-state index contributed by atoms with van der Waals surface area (Å²) in [6.07, 6.45) is 6.21. The molecule has 1 atom stereocenters. The van der Waals surface area contributed by atoms with Gasteiger partial charge >= 0.3 is 0 Å². The zero-order valence-electron chi connectivity index (χ0n) is 10.0. The van der Waals surface area contributed by atoms with Crippen LogP contribution in [0.2, 0.25) is 5.02 Å². The lowest BCUT2D eigenvalue weighted by atomic mass is 10.2. The number of hydrogen-bond acceptors (Lipinski definition) is 3. The second-order valence-corrected chi connectivity index (χ2v) is 6.34. The Bertz CT molecular complexity index is 552. The van der Waals surface area contributed by atoms with Gasteiger partial charge in [0.25, 0.3) is 0 Å². The molecule has 2 nitrogen and oxygen atoms in total. The molecule has 1 aromatic heterocycles. The molecule has 1 aliphatic rings. The van der Waals surface area contributed by atoms with Crippen LogP contribution in [0.4, 0.5) is 0 Å². The van der Waals surface area contributed by atoms with Crippen molar-refractivity contribution in [2.24, 2.45) is 0 Å². The van der Waals surface area contributed by atoms with Gasteiger partial charge in [0.15, 0.2) is 0 Å². The smallest absolute Gasteiger partial charge is 0.0548 e. The van der Waals surface area contributed by atoms with Gasteiger partial charge in [-0.1, -0.05) is 11.6 Å². The third kappa shape index (κ3) is 2.63. The van der Waals surface area contributed by atoms with Gasteiger partial charge in [-0.15, -0.1) is 11.8 Å². The number of thioether (sulfide) groups is 1. The second kappa shape index (κ2) is 5.47. The lowest BCUT2D eigenvalue weighted by molar-refractivity contribution is 0.531. The Hall–Kier alpha value is -0.770. The molecule has 4 heteroatoms. The highest BCUT2D eigenvalue weighted by molar-refractivity contribution is 8.00. The van der Waals surface area contributed by atoms with Crippen molar-refractivity contribution in [2.75, 3.05) is 13.1 Å². The number of hydrogen-bond donors (Lipinski definition) is 1. The van der Waals surface area contributed by atoms with Crippen molar-refractivity contribution in [3.63, 3.8) is 0 Å². The van der Waals surface area contributed by atoms with Gasteiger partial charge < -0.3 is 5.32 Å². The average molecular weight is 279 g/mol. The number of piperidine rings is 1. The Morgan fingerprint density at radius 2 is 2.28 bits per heavy atom. The fourth-order valence-electron chi connectivity index (χ4n) is 2.28. The largest absolute Gasteiger partial charge is 0.316 e. The quantitative estimate of drug-likeness (QED) is 0.906. The zero-order chi connectivity index (χ0) is 12.4. The van der Waals surface area contributed by atoms with Gasteiger partial charge in [-0.3, -0.25) is 4.98 Å². The molecule has 0 saturated carbocycles. The van der Waals surface area contributed by atoms with Gasteiger partial charge in [0.2, 0.25) is 0 Å². The van der Waals surface area contributed by atoms with E-state index in [1.54, 1.807) is 0 Å². The molecule has 0 radical (unpaired) electrons. The minimum Gasteiger partial charge on any atom is -0.316 e. The molecule has 1 fully saturated rings. The van der Waals surface area contributed by atoms with Gasteiger partial charge in [0.05, 0.1) is 5.02 Å². The van der Waals surface area contributed by atoms with Crippen molar-refractivity contribution < 1.29 is 0 Å². The highest BCUT2D eigenvalue weighted by Gasteiger charge is 2.16. The summed E-state index contributed by atoms with van der Waals surface area (Å²) in [5, 5.41) is 7.23. The predicted molar refractivity (Wildman–Crippen MR) is 78.5 cm³/mol. The Morgan fingerprint density at radius 3 is 3.11 bits per heavy atom. The molecule has 1 aliphatic heterocycles. The van der Waals surface area contributed by atoms with E-state index in [1.807, 2.05) is 36.3 Å². The molecule has 2 aromatic rings. The molecule has 1 unspecified atom stereocenters. The molecule has 18 heavy (non-hydrogen) atoms. The summed E-state index contributed by atoms with van der Waals surface area (Å²) >= 11 is 8.24. The average Bonchev–Trinajstić information content (AvgIpc) is 2.41. The lowest BCUT2D eigenvalue weighted by Gasteiger charge is -2.22. The summed E-state index contributed by atoms with van der Waals surface area (Å²) in [6.45, 7) is 2.23. The number of aromatic nitrogens is 1. The third-order valence-electron chi connectivity index (χ3n) is 3.24. The number of nitrogens with zero attached hydrogens (tertiary/aromatic N) is 1. The van der Waals surface area contributed by atoms with Gasteiger partial charge in [-0.05, 0) is 43.0 Å². The molecule has 0 spiro atoms. The van der Waals surface area contributed by atoms with Crippen molar-refractivity contribution in [2.45, 2.75) is 23.0 Å². The maximum atomic E-state index is 6.35. The van der Waals surface area contributed by atoms with E-state index >= 15 is 0 Å². The van der Waals surface area contributed by atoms with Crippen LogP contribution in [-0.4, -0.2) is 23.3 Å². The van der Waals surface area contributed by atoms with Crippen LogP contribution in [0.5, 0.6) is 0 Å². The molecular formula is C14H15ClN2S. The van der Waals surface area contributed by atoms with Crippen LogP contribution < -0.4 is 5.32 Å². The SMILES string of the molecule is Clc1cc2cnccc2cc1SC1CCCNC1.